The molecule has 0 atom stereocenters. The Morgan fingerprint density at radius 2 is 1.92 bits per heavy atom. The number of nitrogens with zero attached hydrogens (tertiary/aromatic N) is 3. The molecule has 1 aromatic carbocycles. The van der Waals surface area contributed by atoms with Crippen LogP contribution in [0.4, 0.5) is 0 Å². The van der Waals surface area contributed by atoms with Gasteiger partial charge in [-0.25, -0.2) is 0 Å². The number of rotatable bonds is 5. The molecule has 0 spiro atoms. The largest absolute Gasteiger partial charge is 0.493 e. The summed E-state index contributed by atoms with van der Waals surface area (Å²) in [5.41, 5.74) is 0.674. The number of halogens is 1. The fourth-order valence-electron chi connectivity index (χ4n) is 2.75. The SMILES string of the molecule is Cc1cc(C(=O)N2CCN(C(=O)CCOc3cccc(Br)c3)CC2)on1. The van der Waals surface area contributed by atoms with E-state index in [0.29, 0.717) is 44.9 Å². The van der Waals surface area contributed by atoms with Crippen LogP contribution in [0, 0.1) is 6.92 Å². The molecule has 138 valence electrons. The highest BCUT2D eigenvalue weighted by Crippen LogP contribution is 2.18. The van der Waals surface area contributed by atoms with E-state index in [9.17, 15) is 9.59 Å². The predicted octanol–water partition coefficient (Wildman–Crippen LogP) is 2.50. The van der Waals surface area contributed by atoms with Crippen LogP contribution in [-0.2, 0) is 4.79 Å². The molecule has 8 heteroatoms. The monoisotopic (exact) mass is 421 g/mol. The third-order valence-corrected chi connectivity index (χ3v) is 4.63. The van der Waals surface area contributed by atoms with Crippen LogP contribution in [0.2, 0.25) is 0 Å². The molecule has 1 fully saturated rings. The zero-order valence-electron chi connectivity index (χ0n) is 14.5. The highest BCUT2D eigenvalue weighted by atomic mass is 79.9. The van der Waals surface area contributed by atoms with Crippen molar-refractivity contribution in [3.05, 3.63) is 46.3 Å². The molecular weight excluding hydrogens is 402 g/mol. The van der Waals surface area contributed by atoms with Crippen molar-refractivity contribution in [1.29, 1.82) is 0 Å². The zero-order chi connectivity index (χ0) is 18.5. The minimum atomic E-state index is -0.185. The van der Waals surface area contributed by atoms with Crippen molar-refractivity contribution in [2.24, 2.45) is 0 Å². The van der Waals surface area contributed by atoms with Gasteiger partial charge in [0.15, 0.2) is 0 Å². The van der Waals surface area contributed by atoms with E-state index in [4.69, 9.17) is 9.26 Å². The average Bonchev–Trinajstić information content (AvgIpc) is 3.07. The van der Waals surface area contributed by atoms with Gasteiger partial charge in [0.05, 0.1) is 18.7 Å². The number of hydrogen-bond acceptors (Lipinski definition) is 5. The van der Waals surface area contributed by atoms with Crippen molar-refractivity contribution in [3.8, 4) is 5.75 Å². The molecule has 0 N–H and O–H groups in total. The molecule has 2 aromatic rings. The lowest BCUT2D eigenvalue weighted by atomic mass is 10.2. The number of amides is 2. The van der Waals surface area contributed by atoms with Crippen molar-refractivity contribution >= 4 is 27.7 Å². The minimum Gasteiger partial charge on any atom is -0.493 e. The van der Waals surface area contributed by atoms with E-state index in [1.165, 1.54) is 0 Å². The molecule has 26 heavy (non-hydrogen) atoms. The number of carbonyl (C=O) groups is 2. The maximum absolute atomic E-state index is 12.3. The minimum absolute atomic E-state index is 0.0302. The molecule has 0 bridgehead atoms. The van der Waals surface area contributed by atoms with Gasteiger partial charge < -0.3 is 19.1 Å². The van der Waals surface area contributed by atoms with Gasteiger partial charge in [-0.15, -0.1) is 0 Å². The topological polar surface area (TPSA) is 75.9 Å². The lowest BCUT2D eigenvalue weighted by Crippen LogP contribution is -2.50. The van der Waals surface area contributed by atoms with Crippen LogP contribution in [0.25, 0.3) is 0 Å². The summed E-state index contributed by atoms with van der Waals surface area (Å²) >= 11 is 3.38. The molecule has 2 heterocycles. The first-order chi connectivity index (χ1) is 12.5. The molecule has 0 aliphatic carbocycles. The Hall–Kier alpha value is -2.35. The Morgan fingerprint density at radius 1 is 1.19 bits per heavy atom. The van der Waals surface area contributed by atoms with E-state index in [1.54, 1.807) is 22.8 Å². The van der Waals surface area contributed by atoms with Crippen LogP contribution >= 0.6 is 15.9 Å². The molecule has 0 radical (unpaired) electrons. The van der Waals surface area contributed by atoms with Gasteiger partial charge in [-0.05, 0) is 25.1 Å². The summed E-state index contributed by atoms with van der Waals surface area (Å²) in [5, 5.41) is 3.74. The summed E-state index contributed by atoms with van der Waals surface area (Å²) in [6.07, 6.45) is 0.307. The quantitative estimate of drug-likeness (QED) is 0.740. The van der Waals surface area contributed by atoms with E-state index < -0.39 is 0 Å². The number of piperazine rings is 1. The lowest BCUT2D eigenvalue weighted by Gasteiger charge is -2.34. The second kappa shape index (κ2) is 8.35. The van der Waals surface area contributed by atoms with Gasteiger partial charge in [-0.3, -0.25) is 9.59 Å². The third-order valence-electron chi connectivity index (χ3n) is 4.14. The van der Waals surface area contributed by atoms with E-state index in [-0.39, 0.29) is 17.6 Å². The second-order valence-corrected chi connectivity index (χ2v) is 6.98. The summed E-state index contributed by atoms with van der Waals surface area (Å²) in [7, 11) is 0. The number of ether oxygens (including phenoxy) is 1. The molecule has 1 saturated heterocycles. The first kappa shape index (κ1) is 18.4. The average molecular weight is 422 g/mol. The fourth-order valence-corrected chi connectivity index (χ4v) is 3.13. The normalized spacial score (nSPS) is 14.4. The Morgan fingerprint density at radius 3 is 2.58 bits per heavy atom. The molecule has 0 unspecified atom stereocenters. The van der Waals surface area contributed by atoms with Crippen molar-refractivity contribution in [3.63, 3.8) is 0 Å². The summed E-state index contributed by atoms with van der Waals surface area (Å²) in [4.78, 5) is 28.1. The number of aryl methyl sites for hydroxylation is 1. The number of hydrogen-bond donors (Lipinski definition) is 0. The van der Waals surface area contributed by atoms with Crippen LogP contribution in [0.15, 0.2) is 39.3 Å². The number of benzene rings is 1. The van der Waals surface area contributed by atoms with Gasteiger partial charge in [0.25, 0.3) is 5.91 Å². The van der Waals surface area contributed by atoms with E-state index in [2.05, 4.69) is 21.1 Å². The molecule has 1 aliphatic heterocycles. The van der Waals surface area contributed by atoms with Crippen molar-refractivity contribution in [2.45, 2.75) is 13.3 Å². The lowest BCUT2D eigenvalue weighted by molar-refractivity contribution is -0.133. The van der Waals surface area contributed by atoms with Gasteiger partial charge in [-0.2, -0.15) is 0 Å². The zero-order valence-corrected chi connectivity index (χ0v) is 16.1. The Labute approximate surface area is 160 Å². The van der Waals surface area contributed by atoms with E-state index >= 15 is 0 Å². The molecule has 1 aromatic heterocycles. The Kier molecular flexibility index (Phi) is 5.92. The van der Waals surface area contributed by atoms with Crippen LogP contribution in [0.1, 0.15) is 22.7 Å². The first-order valence-corrected chi connectivity index (χ1v) is 9.21. The third kappa shape index (κ3) is 4.63. The molecule has 7 nitrogen and oxygen atoms in total. The summed E-state index contributed by atoms with van der Waals surface area (Å²) in [6, 6.07) is 9.14. The summed E-state index contributed by atoms with van der Waals surface area (Å²) in [6.45, 7) is 4.08. The second-order valence-electron chi connectivity index (χ2n) is 6.06. The number of aromatic nitrogens is 1. The van der Waals surface area contributed by atoms with Gasteiger partial charge in [-0.1, -0.05) is 27.2 Å². The molecule has 2 amide bonds. The van der Waals surface area contributed by atoms with Crippen LogP contribution in [-0.4, -0.2) is 59.6 Å². The van der Waals surface area contributed by atoms with Crippen LogP contribution in [0.3, 0.4) is 0 Å². The molecular formula is C18H20BrN3O4. The highest BCUT2D eigenvalue weighted by molar-refractivity contribution is 9.10. The Bertz CT molecular complexity index is 784. The molecule has 3 rings (SSSR count). The van der Waals surface area contributed by atoms with Gasteiger partial charge in [0, 0.05) is 36.7 Å². The molecule has 1 aliphatic rings. The van der Waals surface area contributed by atoms with Gasteiger partial charge >= 0.3 is 0 Å². The summed E-state index contributed by atoms with van der Waals surface area (Å²) < 4.78 is 11.6. The Balaban J connectivity index is 1.42. The van der Waals surface area contributed by atoms with Crippen molar-refractivity contribution in [1.82, 2.24) is 15.0 Å². The smallest absolute Gasteiger partial charge is 0.292 e. The van der Waals surface area contributed by atoms with Gasteiger partial charge in [0.1, 0.15) is 5.75 Å². The van der Waals surface area contributed by atoms with Gasteiger partial charge in [0.2, 0.25) is 11.7 Å². The van der Waals surface area contributed by atoms with E-state index in [1.807, 2.05) is 24.3 Å². The van der Waals surface area contributed by atoms with E-state index in [0.717, 1.165) is 10.2 Å². The van der Waals surface area contributed by atoms with Crippen molar-refractivity contribution < 1.29 is 18.8 Å². The summed E-state index contributed by atoms with van der Waals surface area (Å²) in [5.74, 6) is 0.813. The maximum Gasteiger partial charge on any atom is 0.292 e. The molecule has 0 saturated carbocycles. The first-order valence-electron chi connectivity index (χ1n) is 8.41. The maximum atomic E-state index is 12.3. The van der Waals surface area contributed by atoms with Crippen molar-refractivity contribution in [2.75, 3.05) is 32.8 Å². The predicted molar refractivity (Wildman–Crippen MR) is 98.0 cm³/mol. The fraction of sp³-hybridized carbons (Fsp3) is 0.389. The highest BCUT2D eigenvalue weighted by Gasteiger charge is 2.26. The van der Waals surface area contributed by atoms with Crippen LogP contribution < -0.4 is 4.74 Å². The number of carbonyl (C=O) groups excluding carboxylic acids is 2. The van der Waals surface area contributed by atoms with Crippen LogP contribution in [0.5, 0.6) is 5.75 Å². The standard InChI is InChI=1S/C18H20BrN3O4/c1-13-11-16(26-20-13)18(24)22-8-6-21(7-9-22)17(23)5-10-25-15-4-2-3-14(19)12-15/h2-4,11-12H,5-10H2,1H3.